The topological polar surface area (TPSA) is 3.24 Å². The Bertz CT molecular complexity index is 2680. The van der Waals surface area contributed by atoms with E-state index >= 15 is 0 Å². The van der Waals surface area contributed by atoms with E-state index in [9.17, 15) is 0 Å². The van der Waals surface area contributed by atoms with Crippen molar-refractivity contribution >= 4 is 38.6 Å². The van der Waals surface area contributed by atoms with Crippen LogP contribution in [0, 0.1) is 0 Å². The number of anilines is 3. The summed E-state index contributed by atoms with van der Waals surface area (Å²) in [5, 5.41) is 5.11. The molecule has 0 aromatic heterocycles. The largest absolute Gasteiger partial charge is 0.310 e. The molecule has 0 atom stereocenters. The predicted molar refractivity (Wildman–Crippen MR) is 227 cm³/mol. The van der Waals surface area contributed by atoms with Crippen molar-refractivity contribution in [3.8, 4) is 44.5 Å². The summed E-state index contributed by atoms with van der Waals surface area (Å²) < 4.78 is 0. The summed E-state index contributed by atoms with van der Waals surface area (Å²) in [6.07, 6.45) is 4.78. The lowest BCUT2D eigenvalue weighted by atomic mass is 9.77. The summed E-state index contributed by atoms with van der Waals surface area (Å²) in [7, 11) is 0. The van der Waals surface area contributed by atoms with Crippen LogP contribution in [0.1, 0.15) is 50.3 Å². The van der Waals surface area contributed by atoms with Gasteiger partial charge in [-0.25, -0.2) is 0 Å². The second-order valence-electron chi connectivity index (χ2n) is 16.1. The number of nitrogens with zero attached hydrogens (tertiary/aromatic N) is 1. The van der Waals surface area contributed by atoms with E-state index < -0.39 is 0 Å². The second-order valence-corrected chi connectivity index (χ2v) is 16.1. The molecule has 8 aromatic rings. The maximum Gasteiger partial charge on any atom is 0.0543 e. The van der Waals surface area contributed by atoms with Gasteiger partial charge in [-0.15, -0.1) is 0 Å². The van der Waals surface area contributed by atoms with E-state index in [-0.39, 0.29) is 5.41 Å². The minimum absolute atomic E-state index is 0.0833. The van der Waals surface area contributed by atoms with E-state index in [2.05, 4.69) is 183 Å². The van der Waals surface area contributed by atoms with Crippen molar-refractivity contribution in [2.24, 2.45) is 0 Å². The lowest BCUT2D eigenvalue weighted by Gasteiger charge is -2.32. The summed E-state index contributed by atoms with van der Waals surface area (Å²) in [6.45, 7) is 6.87. The first-order chi connectivity index (χ1) is 25.9. The van der Waals surface area contributed by atoms with Crippen molar-refractivity contribution in [3.63, 3.8) is 0 Å². The van der Waals surface area contributed by atoms with Gasteiger partial charge < -0.3 is 4.90 Å². The van der Waals surface area contributed by atoms with Gasteiger partial charge in [0.1, 0.15) is 0 Å². The first-order valence-corrected chi connectivity index (χ1v) is 19.2. The highest BCUT2D eigenvalue weighted by Gasteiger charge is 2.26. The van der Waals surface area contributed by atoms with Crippen molar-refractivity contribution in [1.29, 1.82) is 0 Å². The Balaban J connectivity index is 1.12. The third-order valence-electron chi connectivity index (χ3n) is 11.7. The van der Waals surface area contributed by atoms with Crippen LogP contribution >= 0.6 is 0 Å². The van der Waals surface area contributed by atoms with Crippen molar-refractivity contribution in [3.05, 3.63) is 174 Å². The summed E-state index contributed by atoms with van der Waals surface area (Å²) in [4.78, 5) is 2.51. The minimum Gasteiger partial charge on any atom is -0.310 e. The van der Waals surface area contributed by atoms with Crippen molar-refractivity contribution in [2.45, 2.75) is 51.9 Å². The standard InChI is InChI=1S/C52H43N/c1-52(2,3)42-22-25-43(26-23-42)53(50-27-21-35-14-10-11-17-45(35)51(50)36-15-8-5-9-16-36)44-24-20-39-31-47-46-30-38-19-18-37(34-12-6-4-7-13-34)28-40(38)32-48(46)49(47)33-41(39)29-44/h4-9,12-13,15-16,18-33H,10-11,14,17H2,1-3H3. The van der Waals surface area contributed by atoms with Gasteiger partial charge in [0.05, 0.1) is 5.69 Å². The molecule has 0 heterocycles. The van der Waals surface area contributed by atoms with E-state index in [1.54, 1.807) is 0 Å². The molecule has 1 nitrogen and oxygen atoms in total. The number of hydrogen-bond acceptors (Lipinski definition) is 1. The molecule has 10 rings (SSSR count). The van der Waals surface area contributed by atoms with Gasteiger partial charge in [-0.1, -0.05) is 118 Å². The summed E-state index contributed by atoms with van der Waals surface area (Å²) >= 11 is 0. The van der Waals surface area contributed by atoms with E-state index in [1.807, 2.05) is 0 Å². The van der Waals surface area contributed by atoms with Gasteiger partial charge in [0, 0.05) is 16.9 Å². The van der Waals surface area contributed by atoms with E-state index in [1.165, 1.54) is 113 Å². The smallest absolute Gasteiger partial charge is 0.0543 e. The van der Waals surface area contributed by atoms with Gasteiger partial charge in [0.2, 0.25) is 0 Å². The zero-order chi connectivity index (χ0) is 35.7. The highest BCUT2D eigenvalue weighted by molar-refractivity contribution is 6.12. The van der Waals surface area contributed by atoms with Crippen LogP contribution < -0.4 is 4.90 Å². The Kier molecular flexibility index (Phi) is 7.41. The summed E-state index contributed by atoms with van der Waals surface area (Å²) in [6, 6.07) is 59.4. The molecule has 0 unspecified atom stereocenters. The zero-order valence-corrected chi connectivity index (χ0v) is 30.8. The van der Waals surface area contributed by atoms with Crippen LogP contribution in [0.4, 0.5) is 17.1 Å². The molecule has 1 heteroatoms. The Morgan fingerprint density at radius 3 is 1.66 bits per heavy atom. The fourth-order valence-corrected chi connectivity index (χ4v) is 8.83. The number of aryl methyl sites for hydroxylation is 1. The molecule has 0 spiro atoms. The molecular formula is C52H43N. The molecule has 0 saturated carbocycles. The molecule has 0 fully saturated rings. The number of rotatable bonds is 5. The van der Waals surface area contributed by atoms with Gasteiger partial charge in [-0.05, 0) is 169 Å². The molecule has 0 N–H and O–H groups in total. The Hall–Kier alpha value is -5.92. The van der Waals surface area contributed by atoms with E-state index in [0.29, 0.717) is 0 Å². The monoisotopic (exact) mass is 681 g/mol. The van der Waals surface area contributed by atoms with E-state index in [4.69, 9.17) is 0 Å². The number of benzene rings is 8. The first-order valence-electron chi connectivity index (χ1n) is 19.2. The highest BCUT2D eigenvalue weighted by atomic mass is 15.1. The molecule has 0 bridgehead atoms. The maximum atomic E-state index is 2.51. The van der Waals surface area contributed by atoms with E-state index in [0.717, 1.165) is 12.8 Å². The average Bonchev–Trinajstić information content (AvgIpc) is 3.20. The molecule has 8 aromatic carbocycles. The molecule has 0 radical (unpaired) electrons. The molecule has 2 aliphatic rings. The molecule has 0 amide bonds. The zero-order valence-electron chi connectivity index (χ0n) is 30.8. The van der Waals surface area contributed by atoms with Crippen LogP contribution in [0.25, 0.3) is 66.1 Å². The maximum absolute atomic E-state index is 2.51. The fourth-order valence-electron chi connectivity index (χ4n) is 8.83. The Morgan fingerprint density at radius 1 is 0.434 bits per heavy atom. The van der Waals surface area contributed by atoms with Crippen LogP contribution in [0.3, 0.4) is 0 Å². The lowest BCUT2D eigenvalue weighted by molar-refractivity contribution is 0.590. The van der Waals surface area contributed by atoms with Gasteiger partial charge in [-0.2, -0.15) is 0 Å². The highest BCUT2D eigenvalue weighted by Crippen LogP contribution is 2.52. The van der Waals surface area contributed by atoms with Crippen LogP contribution in [0.2, 0.25) is 0 Å². The first kappa shape index (κ1) is 31.8. The Morgan fingerprint density at radius 2 is 1.00 bits per heavy atom. The fraction of sp³-hybridized carbons (Fsp3) is 0.154. The molecule has 256 valence electrons. The summed E-state index contributed by atoms with van der Waals surface area (Å²) in [5.74, 6) is 0. The molecule has 0 aliphatic heterocycles. The normalized spacial score (nSPS) is 13.3. The number of fused-ring (bicyclic) bond motifs is 7. The third-order valence-corrected chi connectivity index (χ3v) is 11.7. The van der Waals surface area contributed by atoms with Gasteiger partial charge >= 0.3 is 0 Å². The average molecular weight is 682 g/mol. The van der Waals surface area contributed by atoms with Crippen molar-refractivity contribution in [2.75, 3.05) is 4.90 Å². The van der Waals surface area contributed by atoms with Crippen LogP contribution in [0.5, 0.6) is 0 Å². The molecule has 2 aliphatic carbocycles. The predicted octanol–water partition coefficient (Wildman–Crippen LogP) is 14.6. The second kappa shape index (κ2) is 12.3. The van der Waals surface area contributed by atoms with Gasteiger partial charge in [0.25, 0.3) is 0 Å². The minimum atomic E-state index is 0.0833. The lowest BCUT2D eigenvalue weighted by Crippen LogP contribution is -2.15. The van der Waals surface area contributed by atoms with Crippen LogP contribution in [-0.2, 0) is 18.3 Å². The quantitative estimate of drug-likeness (QED) is 0.175. The molecular weight excluding hydrogens is 639 g/mol. The van der Waals surface area contributed by atoms with Crippen LogP contribution in [-0.4, -0.2) is 0 Å². The number of hydrogen-bond donors (Lipinski definition) is 0. The van der Waals surface area contributed by atoms with Crippen LogP contribution in [0.15, 0.2) is 158 Å². The SMILES string of the molecule is CC(C)(C)c1ccc(N(c2ccc3cc4c(cc3c2)-c2cc3cc(-c5ccccc5)ccc3cc2-4)c2ccc3c(c2-c2ccccc2)CCCC3)cc1. The summed E-state index contributed by atoms with van der Waals surface area (Å²) in [5.41, 5.74) is 18.6. The molecule has 0 saturated heterocycles. The van der Waals surface area contributed by atoms with Gasteiger partial charge in [0.15, 0.2) is 0 Å². The Labute approximate surface area is 313 Å². The van der Waals surface area contributed by atoms with Crippen molar-refractivity contribution < 1.29 is 0 Å². The third kappa shape index (κ3) is 5.46. The van der Waals surface area contributed by atoms with Crippen molar-refractivity contribution in [1.82, 2.24) is 0 Å². The molecule has 53 heavy (non-hydrogen) atoms. The van der Waals surface area contributed by atoms with Gasteiger partial charge in [-0.3, -0.25) is 0 Å².